The highest BCUT2D eigenvalue weighted by molar-refractivity contribution is 8.18. The molecule has 7 heteroatoms. The minimum Gasteiger partial charge on any atom is -0.508 e. The van der Waals surface area contributed by atoms with Crippen molar-refractivity contribution in [2.75, 3.05) is 13.7 Å². The first-order valence-corrected chi connectivity index (χ1v) is 9.77. The highest BCUT2D eigenvalue weighted by Gasteiger charge is 2.33. The lowest BCUT2D eigenvalue weighted by Crippen LogP contribution is -2.12. The van der Waals surface area contributed by atoms with Gasteiger partial charge in [0, 0.05) is 11.6 Å². The molecule has 29 heavy (non-hydrogen) atoms. The minimum atomic E-state index is -0.634. The first kappa shape index (κ1) is 20.5. The third kappa shape index (κ3) is 4.63. The lowest BCUT2D eigenvalue weighted by molar-refractivity contribution is -0.138. The van der Waals surface area contributed by atoms with E-state index >= 15 is 0 Å². The molecule has 2 N–H and O–H groups in total. The van der Waals surface area contributed by atoms with Crippen LogP contribution in [0.4, 0.5) is 5.69 Å². The second-order valence-corrected chi connectivity index (χ2v) is 7.27. The number of aliphatic imine (C=N–C) groups is 1. The summed E-state index contributed by atoms with van der Waals surface area (Å²) in [5, 5.41) is 20.7. The van der Waals surface area contributed by atoms with Gasteiger partial charge in [-0.1, -0.05) is 23.9 Å². The molecule has 0 spiro atoms. The Bertz CT molecular complexity index is 1040. The van der Waals surface area contributed by atoms with Crippen LogP contribution in [0.1, 0.15) is 18.1 Å². The van der Waals surface area contributed by atoms with E-state index in [0.29, 0.717) is 26.9 Å². The minimum absolute atomic E-state index is 0.0300. The number of ether oxygens (including phenoxy) is 2. The molecule has 1 heterocycles. The Morgan fingerprint density at radius 3 is 2.69 bits per heavy atom. The molecule has 0 aromatic heterocycles. The van der Waals surface area contributed by atoms with Gasteiger partial charge in [-0.15, -0.1) is 0 Å². The molecule has 0 radical (unpaired) electrons. The van der Waals surface area contributed by atoms with Gasteiger partial charge in [-0.25, -0.2) is 9.79 Å². The van der Waals surface area contributed by atoms with Crippen molar-refractivity contribution in [1.82, 2.24) is 0 Å². The Hall–Kier alpha value is -3.19. The number of phenolic OH excluding ortho intramolecular Hbond substituents is 1. The number of aliphatic hydroxyl groups is 1. The van der Waals surface area contributed by atoms with Crippen molar-refractivity contribution in [3.8, 4) is 11.5 Å². The van der Waals surface area contributed by atoms with Gasteiger partial charge in [0.15, 0.2) is 0 Å². The topological polar surface area (TPSA) is 88.4 Å². The molecule has 0 aliphatic carbocycles. The average molecular weight is 411 g/mol. The first-order valence-electron chi connectivity index (χ1n) is 8.96. The number of carbonyl (C=O) groups is 1. The molecule has 3 rings (SSSR count). The number of esters is 1. The molecule has 0 saturated heterocycles. The number of hydrogen-bond acceptors (Lipinski definition) is 7. The summed E-state index contributed by atoms with van der Waals surface area (Å²) >= 11 is 1.17. The largest absolute Gasteiger partial charge is 0.508 e. The summed E-state index contributed by atoms with van der Waals surface area (Å²) in [6, 6.07) is 12.2. The van der Waals surface area contributed by atoms with Crippen molar-refractivity contribution >= 4 is 34.5 Å². The Morgan fingerprint density at radius 2 is 2.00 bits per heavy atom. The zero-order valence-corrected chi connectivity index (χ0v) is 17.1. The standard InChI is InChI=1S/C22H21NO5S/c1-4-28-22(26)19-20(25)18(11-14-8-9-16(24)12-17(14)27-3)29-21(19)23-15-7-5-6-13(2)10-15/h5-12,24-25H,4H2,1-3H3. The molecule has 6 nitrogen and oxygen atoms in total. The number of aryl methyl sites for hydroxylation is 1. The van der Waals surface area contributed by atoms with E-state index in [4.69, 9.17) is 9.47 Å². The molecule has 150 valence electrons. The Balaban J connectivity index is 2.08. The quantitative estimate of drug-likeness (QED) is 0.680. The highest BCUT2D eigenvalue weighted by atomic mass is 32.2. The van der Waals surface area contributed by atoms with Gasteiger partial charge in [0.2, 0.25) is 0 Å². The van der Waals surface area contributed by atoms with E-state index in [9.17, 15) is 15.0 Å². The van der Waals surface area contributed by atoms with Crippen LogP contribution in [0.5, 0.6) is 11.5 Å². The van der Waals surface area contributed by atoms with Crippen LogP contribution in [0.3, 0.4) is 0 Å². The average Bonchev–Trinajstić information content (AvgIpc) is 2.98. The number of benzene rings is 2. The number of methoxy groups -OCH3 is 1. The Morgan fingerprint density at radius 1 is 1.21 bits per heavy atom. The lowest BCUT2D eigenvalue weighted by atomic mass is 10.1. The molecule has 0 unspecified atom stereocenters. The molecule has 1 aliphatic heterocycles. The van der Waals surface area contributed by atoms with Crippen molar-refractivity contribution in [2.45, 2.75) is 13.8 Å². The van der Waals surface area contributed by atoms with Crippen LogP contribution in [0.2, 0.25) is 0 Å². The molecule has 1 aliphatic rings. The number of nitrogens with zero attached hydrogens (tertiary/aromatic N) is 1. The highest BCUT2D eigenvalue weighted by Crippen LogP contribution is 2.41. The molecule has 0 saturated carbocycles. The maximum atomic E-state index is 12.5. The van der Waals surface area contributed by atoms with E-state index < -0.39 is 5.97 Å². The number of rotatable bonds is 5. The summed E-state index contributed by atoms with van der Waals surface area (Å²) in [6.45, 7) is 3.84. The maximum Gasteiger partial charge on any atom is 0.344 e. The predicted molar refractivity (Wildman–Crippen MR) is 115 cm³/mol. The molecule has 0 amide bonds. The van der Waals surface area contributed by atoms with Crippen molar-refractivity contribution in [2.24, 2.45) is 4.99 Å². The van der Waals surface area contributed by atoms with E-state index in [0.717, 1.165) is 5.56 Å². The third-order valence-corrected chi connectivity index (χ3v) is 5.13. The summed E-state index contributed by atoms with van der Waals surface area (Å²) in [5.41, 5.74) is 2.37. The number of phenols is 1. The molecule has 0 fully saturated rings. The molecule has 2 aromatic carbocycles. The van der Waals surface area contributed by atoms with Gasteiger partial charge in [-0.2, -0.15) is 0 Å². The van der Waals surface area contributed by atoms with Crippen LogP contribution < -0.4 is 4.74 Å². The van der Waals surface area contributed by atoms with Gasteiger partial charge in [0.1, 0.15) is 27.9 Å². The van der Waals surface area contributed by atoms with Crippen LogP contribution in [-0.2, 0) is 9.53 Å². The number of aromatic hydroxyl groups is 1. The fraction of sp³-hybridized carbons (Fsp3) is 0.182. The van der Waals surface area contributed by atoms with Crippen LogP contribution in [0.15, 0.2) is 63.7 Å². The van der Waals surface area contributed by atoms with E-state index in [1.807, 2.05) is 31.2 Å². The monoisotopic (exact) mass is 411 g/mol. The maximum absolute atomic E-state index is 12.5. The Kier molecular flexibility index (Phi) is 6.29. The molecule has 0 atom stereocenters. The van der Waals surface area contributed by atoms with Gasteiger partial charge >= 0.3 is 5.97 Å². The van der Waals surface area contributed by atoms with Crippen LogP contribution >= 0.6 is 11.8 Å². The Labute approximate surface area is 173 Å². The second-order valence-electron chi connectivity index (χ2n) is 6.24. The fourth-order valence-electron chi connectivity index (χ4n) is 2.77. The smallest absolute Gasteiger partial charge is 0.344 e. The van der Waals surface area contributed by atoms with E-state index in [-0.39, 0.29) is 23.7 Å². The zero-order chi connectivity index (χ0) is 21.0. The molecular formula is C22H21NO5S. The molecule has 2 aromatic rings. The zero-order valence-electron chi connectivity index (χ0n) is 16.3. The van der Waals surface area contributed by atoms with Gasteiger partial charge in [0.25, 0.3) is 0 Å². The van der Waals surface area contributed by atoms with Gasteiger partial charge in [-0.05, 0) is 49.8 Å². The number of carbonyl (C=O) groups excluding carboxylic acids is 1. The van der Waals surface area contributed by atoms with Gasteiger partial charge in [0.05, 0.1) is 24.3 Å². The molecule has 0 bridgehead atoms. The van der Waals surface area contributed by atoms with E-state index in [1.54, 1.807) is 19.1 Å². The van der Waals surface area contributed by atoms with Crippen LogP contribution in [0, 0.1) is 6.92 Å². The summed E-state index contributed by atoms with van der Waals surface area (Å²) < 4.78 is 10.4. The van der Waals surface area contributed by atoms with Crippen LogP contribution in [-0.4, -0.2) is 34.9 Å². The van der Waals surface area contributed by atoms with Gasteiger partial charge < -0.3 is 19.7 Å². The summed E-state index contributed by atoms with van der Waals surface area (Å²) in [6.07, 6.45) is 1.68. The summed E-state index contributed by atoms with van der Waals surface area (Å²) in [4.78, 5) is 17.5. The van der Waals surface area contributed by atoms with E-state index in [1.165, 1.54) is 31.0 Å². The van der Waals surface area contributed by atoms with Crippen molar-refractivity contribution in [3.05, 3.63) is 69.8 Å². The number of thioether (sulfide) groups is 1. The summed E-state index contributed by atoms with van der Waals surface area (Å²) in [5.74, 6) is -0.329. The summed E-state index contributed by atoms with van der Waals surface area (Å²) in [7, 11) is 1.49. The lowest BCUT2D eigenvalue weighted by Gasteiger charge is -2.06. The van der Waals surface area contributed by atoms with Crippen molar-refractivity contribution < 1.29 is 24.5 Å². The van der Waals surface area contributed by atoms with Crippen LogP contribution in [0.25, 0.3) is 6.08 Å². The molecular weight excluding hydrogens is 390 g/mol. The van der Waals surface area contributed by atoms with E-state index in [2.05, 4.69) is 4.99 Å². The normalized spacial score (nSPS) is 16.5. The number of hydrogen-bond donors (Lipinski definition) is 2. The number of aliphatic hydroxyl groups excluding tert-OH is 1. The SMILES string of the molecule is CCOC(=O)C1=C(O)C(=Cc2ccc(O)cc2OC)SC1=Nc1cccc(C)c1. The van der Waals surface area contributed by atoms with Gasteiger partial charge in [-0.3, -0.25) is 0 Å². The van der Waals surface area contributed by atoms with Crippen molar-refractivity contribution in [1.29, 1.82) is 0 Å². The second kappa shape index (κ2) is 8.87. The van der Waals surface area contributed by atoms with Crippen molar-refractivity contribution in [3.63, 3.8) is 0 Å². The fourth-order valence-corrected chi connectivity index (χ4v) is 3.79. The predicted octanol–water partition coefficient (Wildman–Crippen LogP) is 4.90. The third-order valence-electron chi connectivity index (χ3n) is 4.11. The first-order chi connectivity index (χ1) is 13.9.